The highest BCUT2D eigenvalue weighted by atomic mass is 16.6. The zero-order valence-corrected chi connectivity index (χ0v) is 57.0. The number of carbonyl (C=O) groups excluding carboxylic acids is 11. The van der Waals surface area contributed by atoms with E-state index in [1.54, 1.807) is 89.2 Å². The smallest absolute Gasteiger partial charge is 0.412 e. The molecule has 6 atom stereocenters. The van der Waals surface area contributed by atoms with Crippen LogP contribution in [0.2, 0.25) is 0 Å². The molecule has 5 aromatic rings. The second-order valence-corrected chi connectivity index (χ2v) is 25.7. The first-order chi connectivity index (χ1) is 48.1. The monoisotopic (exact) mass is 1400 g/mol. The van der Waals surface area contributed by atoms with E-state index in [2.05, 4.69) is 47.5 Å². The molecule has 10 amide bonds. The number of anilines is 1. The number of guanidine groups is 1. The van der Waals surface area contributed by atoms with Gasteiger partial charge in [-0.1, -0.05) is 52.3 Å². The Balaban J connectivity index is 0.728. The molecule has 3 aliphatic rings. The van der Waals surface area contributed by atoms with Gasteiger partial charge in [0.2, 0.25) is 53.2 Å². The molecule has 1 spiro atoms. The van der Waals surface area contributed by atoms with Crippen molar-refractivity contribution < 1.29 is 76.5 Å². The standard InChI is InChI=1S/C70H88N14O17/c1-37(2)59(64(93)80-49(61(72)90)17-10-12-27-75-55(86)20-7-6-11-28-77-69(97)98-42-23-26-48-54(33-42)99-53-32-41(85)22-25-47(53)70(48)46-16-9-8-15-44(46)67(96)101-70)82-58(89)36-79-62(91)50(18-13-29-76-68(73)74)81-63(92)51-19-14-30-84(51)65(94)60(38(3)4)83-57(88)35-78-56(87)34-45-39(5)43-24-21-40(71)31-52(43)100-66(45)95/h8-9,15-16,21-26,31-33,37-38,49-51,59-60,85H,6-7,10-14,17-20,27-30,34-36,71H2,1-5H3,(H2,72,90)(H,75,86)(H,77,97)(H,78,87)(H,79,91)(H,80,93)(H,81,92)(H,82,89)(H,83,88)(H4,73,74,76)/t49-,50-,51-,59-,60-,70?/m0/s1. The Morgan fingerprint density at radius 2 is 1.36 bits per heavy atom. The lowest BCUT2D eigenvalue weighted by molar-refractivity contribution is -0.143. The number of hydrogen-bond acceptors (Lipinski definition) is 19. The molecular formula is C70H88N14O17. The fraction of sp³-hybridized carbons (Fsp3) is 0.443. The highest BCUT2D eigenvalue weighted by Gasteiger charge is 2.54. The number of nitrogens with two attached hydrogens (primary N) is 4. The number of unbranched alkanes of at least 4 members (excludes halogenated alkanes) is 3. The molecule has 1 aromatic heterocycles. The van der Waals surface area contributed by atoms with Gasteiger partial charge in [-0.15, -0.1) is 0 Å². The summed E-state index contributed by atoms with van der Waals surface area (Å²) in [4.78, 5) is 165. The van der Waals surface area contributed by atoms with E-state index in [4.69, 9.17) is 41.6 Å². The molecule has 0 aliphatic carbocycles. The van der Waals surface area contributed by atoms with E-state index in [0.717, 1.165) is 0 Å². The molecule has 3 aliphatic heterocycles. The number of carbonyl (C=O) groups is 11. The van der Waals surface area contributed by atoms with E-state index in [1.807, 2.05) is 0 Å². The summed E-state index contributed by atoms with van der Waals surface area (Å²) in [5.74, 6) is -7.09. The Bertz CT molecular complexity index is 4060. The second-order valence-electron chi connectivity index (χ2n) is 25.7. The van der Waals surface area contributed by atoms with E-state index in [0.29, 0.717) is 77.4 Å². The minimum absolute atomic E-state index is 0.0153. The normalized spacial score (nSPS) is 16.0. The fourth-order valence-electron chi connectivity index (χ4n) is 12.3. The van der Waals surface area contributed by atoms with Crippen molar-refractivity contribution in [1.29, 1.82) is 0 Å². The number of nitrogen functional groups attached to an aromatic ring is 1. The number of fused-ring (bicyclic) bond motifs is 7. The molecule has 0 bridgehead atoms. The van der Waals surface area contributed by atoms with Gasteiger partial charge in [0, 0.05) is 78.6 Å². The van der Waals surface area contributed by atoms with Crippen molar-refractivity contribution in [2.45, 2.75) is 147 Å². The van der Waals surface area contributed by atoms with Gasteiger partial charge >= 0.3 is 17.7 Å². The van der Waals surface area contributed by atoms with Gasteiger partial charge in [0.25, 0.3) is 0 Å². The zero-order valence-electron chi connectivity index (χ0n) is 57.0. The number of hydrogen-bond donors (Lipinski definition) is 13. The van der Waals surface area contributed by atoms with Crippen LogP contribution < -0.4 is 80.6 Å². The minimum atomic E-state index is -1.36. The fourth-order valence-corrected chi connectivity index (χ4v) is 12.3. The predicted molar refractivity (Wildman–Crippen MR) is 368 cm³/mol. The maximum absolute atomic E-state index is 14.2. The number of nitrogens with zero attached hydrogens (tertiary/aromatic N) is 2. The Morgan fingerprint density at radius 3 is 2.08 bits per heavy atom. The van der Waals surface area contributed by atoms with E-state index >= 15 is 0 Å². The van der Waals surface area contributed by atoms with E-state index < -0.39 is 132 Å². The third kappa shape index (κ3) is 19.3. The molecule has 1 fully saturated rings. The van der Waals surface area contributed by atoms with Gasteiger partial charge in [-0.2, -0.15) is 0 Å². The SMILES string of the molecule is Cc1c(CC(=O)NCC(=O)N[C@H](C(=O)N2CCC[C@H]2C(=O)N[C@@H](CCCN=C(N)N)C(=O)NCC(=O)N[C@H](C(=O)N[C@@H](CCCCNC(=O)CCCCCNC(=O)Oc2ccc3c(c2)Oc2cc(O)ccc2C32OC(=O)c3ccccc32)C(N)=O)C(C)C)C(C)C)c(=O)oc2cc(N)ccc12. The number of benzene rings is 4. The molecule has 4 aromatic carbocycles. The third-order valence-corrected chi connectivity index (χ3v) is 17.6. The Hall–Kier alpha value is -11.3. The average Bonchev–Trinajstić information content (AvgIpc) is 1.60. The van der Waals surface area contributed by atoms with E-state index in [-0.39, 0.29) is 104 Å². The summed E-state index contributed by atoms with van der Waals surface area (Å²) in [5.41, 5.74) is 23.7. The molecule has 0 radical (unpaired) electrons. The summed E-state index contributed by atoms with van der Waals surface area (Å²) in [6.07, 6.45) is 2.48. The number of aromatic hydroxyl groups is 1. The molecule has 101 heavy (non-hydrogen) atoms. The number of aliphatic imine (C=N–C) groups is 1. The maximum atomic E-state index is 14.2. The molecule has 0 saturated carbocycles. The van der Waals surface area contributed by atoms with Crippen LogP contribution in [-0.4, -0.2) is 151 Å². The lowest BCUT2D eigenvalue weighted by atomic mass is 9.77. The number of primary amides is 1. The van der Waals surface area contributed by atoms with Gasteiger partial charge in [-0.3, -0.25) is 48.1 Å². The van der Waals surface area contributed by atoms with Crippen LogP contribution in [0.3, 0.4) is 0 Å². The van der Waals surface area contributed by atoms with Crippen LogP contribution in [-0.2, 0) is 59.9 Å². The summed E-state index contributed by atoms with van der Waals surface area (Å²) >= 11 is 0. The summed E-state index contributed by atoms with van der Waals surface area (Å²) in [7, 11) is 0. The highest BCUT2D eigenvalue weighted by Crippen LogP contribution is 2.57. The van der Waals surface area contributed by atoms with Crippen molar-refractivity contribution >= 4 is 87.8 Å². The van der Waals surface area contributed by atoms with Crippen LogP contribution in [0.4, 0.5) is 10.5 Å². The molecule has 1 saturated heterocycles. The van der Waals surface area contributed by atoms with E-state index in [9.17, 15) is 62.6 Å². The number of esters is 1. The zero-order chi connectivity index (χ0) is 73.2. The number of ether oxygens (including phenoxy) is 3. The maximum Gasteiger partial charge on any atom is 0.412 e. The molecule has 8 rings (SSSR count). The van der Waals surface area contributed by atoms with Crippen molar-refractivity contribution in [2.75, 3.05) is 45.0 Å². The first-order valence-corrected chi connectivity index (χ1v) is 33.6. The van der Waals surface area contributed by atoms with Crippen LogP contribution in [0.1, 0.15) is 136 Å². The number of nitrogens with one attached hydrogen (secondary N) is 8. The van der Waals surface area contributed by atoms with Crippen molar-refractivity contribution in [1.82, 2.24) is 47.4 Å². The number of likely N-dealkylation sites (tertiary alicyclic amines) is 1. The molecule has 540 valence electrons. The molecule has 1 unspecified atom stereocenters. The van der Waals surface area contributed by atoms with Gasteiger partial charge in [0.15, 0.2) is 11.6 Å². The van der Waals surface area contributed by atoms with Gasteiger partial charge < -0.3 is 94.1 Å². The van der Waals surface area contributed by atoms with Crippen molar-refractivity contribution in [3.8, 4) is 23.0 Å². The Kier molecular flexibility index (Phi) is 25.8. The summed E-state index contributed by atoms with van der Waals surface area (Å²) in [6, 6.07) is 15.3. The highest BCUT2D eigenvalue weighted by molar-refractivity contribution is 5.99. The first-order valence-electron chi connectivity index (χ1n) is 33.6. The Labute approximate surface area is 581 Å². The second kappa shape index (κ2) is 34.5. The average molecular weight is 1400 g/mol. The summed E-state index contributed by atoms with van der Waals surface area (Å²) < 4.78 is 23.2. The quantitative estimate of drug-likeness (QED) is 0.00714. The molecular weight excluding hydrogens is 1310 g/mol. The van der Waals surface area contributed by atoms with Crippen LogP contribution >= 0.6 is 0 Å². The predicted octanol–water partition coefficient (Wildman–Crippen LogP) is 2.15. The molecule has 31 nitrogen and oxygen atoms in total. The van der Waals surface area contributed by atoms with Crippen molar-refractivity contribution in [3.63, 3.8) is 0 Å². The van der Waals surface area contributed by atoms with Crippen molar-refractivity contribution in [3.05, 3.63) is 123 Å². The summed E-state index contributed by atoms with van der Waals surface area (Å²) in [5, 5.41) is 31.9. The van der Waals surface area contributed by atoms with Crippen LogP contribution in [0.25, 0.3) is 11.0 Å². The van der Waals surface area contributed by atoms with Crippen LogP contribution in [0.5, 0.6) is 23.0 Å². The topological polar surface area (TPSA) is 482 Å². The number of amides is 10. The van der Waals surface area contributed by atoms with E-state index in [1.165, 1.54) is 29.2 Å². The van der Waals surface area contributed by atoms with Gasteiger partial charge in [-0.25, -0.2) is 14.4 Å². The number of phenols is 1. The Morgan fingerprint density at radius 1 is 0.683 bits per heavy atom. The largest absolute Gasteiger partial charge is 0.508 e. The van der Waals surface area contributed by atoms with Crippen LogP contribution in [0.15, 0.2) is 93.1 Å². The number of aryl methyl sites for hydroxylation is 1. The third-order valence-electron chi connectivity index (χ3n) is 17.6. The molecule has 31 heteroatoms. The van der Waals surface area contributed by atoms with Crippen LogP contribution in [0, 0.1) is 18.8 Å². The van der Waals surface area contributed by atoms with Gasteiger partial charge in [0.1, 0.15) is 58.8 Å². The van der Waals surface area contributed by atoms with Gasteiger partial charge in [0.05, 0.1) is 30.6 Å². The number of phenolic OH excluding ortho intramolecular Hbond substituents is 1. The minimum Gasteiger partial charge on any atom is -0.508 e. The molecule has 4 heterocycles. The lowest BCUT2D eigenvalue weighted by Crippen LogP contribution is -2.58. The molecule has 17 N–H and O–H groups in total. The first kappa shape index (κ1) is 75.5. The van der Waals surface area contributed by atoms with Crippen molar-refractivity contribution in [2.24, 2.45) is 34.0 Å². The number of rotatable bonds is 33. The lowest BCUT2D eigenvalue weighted by Gasteiger charge is -2.36. The summed E-state index contributed by atoms with van der Waals surface area (Å²) in [6.45, 7) is 7.91. The van der Waals surface area contributed by atoms with Gasteiger partial charge in [-0.05, 0) is 125 Å².